The Bertz CT molecular complexity index is 3450. The summed E-state index contributed by atoms with van der Waals surface area (Å²) in [4.78, 5) is 2.49. The Hall–Kier alpha value is -7.36. The van der Waals surface area contributed by atoms with Crippen molar-refractivity contribution < 1.29 is 4.42 Å². The van der Waals surface area contributed by atoms with E-state index in [1.54, 1.807) is 0 Å². The number of benzene rings is 8. The second-order valence-corrected chi connectivity index (χ2v) is 16.4. The van der Waals surface area contributed by atoms with Crippen LogP contribution in [0.4, 0.5) is 11.6 Å². The number of aryl methyl sites for hydroxylation is 1. The molecule has 0 radical (unpaired) electrons. The van der Waals surface area contributed by atoms with Crippen LogP contribution in [0.3, 0.4) is 0 Å². The summed E-state index contributed by atoms with van der Waals surface area (Å²) in [6.45, 7) is 2.21. The lowest BCUT2D eigenvalue weighted by atomic mass is 9.64. The predicted octanol–water partition coefficient (Wildman–Crippen LogP) is 14.2. The van der Waals surface area contributed by atoms with Gasteiger partial charge in [-0.3, -0.25) is 0 Å². The summed E-state index contributed by atoms with van der Waals surface area (Å²) in [6.07, 6.45) is 5.75. The van der Waals surface area contributed by atoms with Gasteiger partial charge in [0.25, 0.3) is 0 Å². The third kappa shape index (κ3) is 4.31. The van der Waals surface area contributed by atoms with Crippen LogP contribution < -0.4 is 4.90 Å². The maximum atomic E-state index is 6.93. The van der Waals surface area contributed by atoms with Crippen molar-refractivity contribution in [1.29, 1.82) is 0 Å². The molecule has 278 valence electrons. The molecule has 0 fully saturated rings. The molecule has 0 saturated carbocycles. The smallest absolute Gasteiger partial charge is 0.204 e. The molecule has 3 nitrogen and oxygen atoms in total. The van der Waals surface area contributed by atoms with Gasteiger partial charge >= 0.3 is 0 Å². The minimum atomic E-state index is -0.471. The van der Waals surface area contributed by atoms with Crippen molar-refractivity contribution in [3.8, 4) is 16.8 Å². The minimum absolute atomic E-state index is 0.0169. The molecule has 8 aromatic carbocycles. The first-order chi connectivity index (χ1) is 29.2. The SMILES string of the molecule is Cc1c(N(c2cccc3cc(-c4ccccc4)ccc23)C2C=CC3=C(C2)c2ccccc2C32c3ccccc3-n3c4ccccc4c4cccc2c43)oc2ccccc12. The van der Waals surface area contributed by atoms with Crippen LogP contribution >= 0.6 is 0 Å². The quantitative estimate of drug-likeness (QED) is 0.178. The standard InChI is InChI=1S/C56H38N2O/c1-35-40-18-7-12-28-53(40)59-55(35)57(50-27-13-17-38-33-37(29-31-41(38)50)36-15-3-2-4-16-36)39-30-32-47-45(34-39)42-19-5-8-22-46(42)56(47)48-23-9-11-26-52(48)58-51-25-10-6-20-43(51)44-21-14-24-49(56)54(44)58/h2-33,39H,34H2,1H3. The summed E-state index contributed by atoms with van der Waals surface area (Å²) in [5, 5.41) is 6.14. The van der Waals surface area contributed by atoms with E-state index >= 15 is 0 Å². The minimum Gasteiger partial charge on any atom is -0.440 e. The van der Waals surface area contributed by atoms with Crippen molar-refractivity contribution >= 4 is 60.7 Å². The molecule has 59 heavy (non-hydrogen) atoms. The molecule has 0 amide bonds. The zero-order valence-corrected chi connectivity index (χ0v) is 32.6. The van der Waals surface area contributed by atoms with E-state index in [4.69, 9.17) is 4.42 Å². The summed E-state index contributed by atoms with van der Waals surface area (Å²) in [6, 6.07) is 66.9. The highest BCUT2D eigenvalue weighted by molar-refractivity contribution is 6.13. The maximum Gasteiger partial charge on any atom is 0.204 e. The molecule has 1 aliphatic heterocycles. The number of nitrogens with zero attached hydrogens (tertiary/aromatic N) is 2. The highest BCUT2D eigenvalue weighted by atomic mass is 16.4. The normalized spacial score (nSPS) is 17.6. The fraction of sp³-hybridized carbons (Fsp3) is 0.0714. The molecule has 10 aromatic rings. The lowest BCUT2D eigenvalue weighted by molar-refractivity contribution is 0.587. The third-order valence-corrected chi connectivity index (χ3v) is 13.5. The van der Waals surface area contributed by atoms with Crippen LogP contribution in [-0.2, 0) is 5.41 Å². The molecule has 3 heterocycles. The first-order valence-electron chi connectivity index (χ1n) is 20.7. The monoisotopic (exact) mass is 754 g/mol. The maximum absolute atomic E-state index is 6.93. The fourth-order valence-corrected chi connectivity index (χ4v) is 11.1. The van der Waals surface area contributed by atoms with Gasteiger partial charge in [-0.1, -0.05) is 164 Å². The van der Waals surface area contributed by atoms with E-state index in [1.807, 2.05) is 0 Å². The van der Waals surface area contributed by atoms with Gasteiger partial charge in [0.15, 0.2) is 0 Å². The lowest BCUT2D eigenvalue weighted by Crippen LogP contribution is -2.36. The van der Waals surface area contributed by atoms with Crippen LogP contribution in [-0.4, -0.2) is 10.6 Å². The van der Waals surface area contributed by atoms with Crippen LogP contribution in [0.5, 0.6) is 0 Å². The van der Waals surface area contributed by atoms with Crippen molar-refractivity contribution in [2.75, 3.05) is 4.90 Å². The Morgan fingerprint density at radius 1 is 0.593 bits per heavy atom. The topological polar surface area (TPSA) is 21.3 Å². The number of hydrogen-bond acceptors (Lipinski definition) is 2. The number of fused-ring (bicyclic) bond motifs is 13. The van der Waals surface area contributed by atoms with E-state index in [2.05, 4.69) is 211 Å². The summed E-state index contributed by atoms with van der Waals surface area (Å²) in [7, 11) is 0. The highest BCUT2D eigenvalue weighted by Gasteiger charge is 2.52. The number of allylic oxidation sites excluding steroid dienone is 2. The second kappa shape index (κ2) is 12.1. The van der Waals surface area contributed by atoms with Crippen molar-refractivity contribution in [3.63, 3.8) is 0 Å². The Labute approximate surface area is 342 Å². The summed E-state index contributed by atoms with van der Waals surface area (Å²) in [5.41, 5.74) is 17.1. The number of para-hydroxylation sites is 4. The average Bonchev–Trinajstić information content (AvgIpc) is 3.92. The molecule has 2 aromatic heterocycles. The molecule has 3 heteroatoms. The highest BCUT2D eigenvalue weighted by Crippen LogP contribution is 2.62. The molecule has 1 spiro atoms. The van der Waals surface area contributed by atoms with Crippen molar-refractivity contribution in [1.82, 2.24) is 4.57 Å². The predicted molar refractivity (Wildman–Crippen MR) is 244 cm³/mol. The van der Waals surface area contributed by atoms with Crippen LogP contribution in [0.25, 0.3) is 65.9 Å². The van der Waals surface area contributed by atoms with E-state index in [1.165, 1.54) is 82.8 Å². The Kier molecular flexibility index (Phi) is 6.69. The van der Waals surface area contributed by atoms with Gasteiger partial charge < -0.3 is 13.9 Å². The van der Waals surface area contributed by atoms with Gasteiger partial charge in [-0.25, -0.2) is 0 Å². The van der Waals surface area contributed by atoms with Crippen molar-refractivity contribution in [3.05, 3.63) is 228 Å². The first-order valence-corrected chi connectivity index (χ1v) is 20.7. The third-order valence-electron chi connectivity index (χ3n) is 13.5. The largest absolute Gasteiger partial charge is 0.440 e. The summed E-state index contributed by atoms with van der Waals surface area (Å²) in [5.74, 6) is 0.892. The van der Waals surface area contributed by atoms with Crippen molar-refractivity contribution in [2.45, 2.75) is 24.8 Å². The second-order valence-electron chi connectivity index (χ2n) is 16.4. The number of hydrogen-bond donors (Lipinski definition) is 0. The van der Waals surface area contributed by atoms with Gasteiger partial charge in [0, 0.05) is 27.1 Å². The fourth-order valence-electron chi connectivity index (χ4n) is 11.1. The average molecular weight is 755 g/mol. The molecule has 2 unspecified atom stereocenters. The number of rotatable bonds is 4. The molecular weight excluding hydrogens is 717 g/mol. The number of aromatic nitrogens is 1. The van der Waals surface area contributed by atoms with Gasteiger partial charge in [0.2, 0.25) is 5.88 Å². The Balaban J connectivity index is 1.04. The van der Waals surface area contributed by atoms with Gasteiger partial charge in [0.1, 0.15) is 5.58 Å². The molecule has 0 saturated heterocycles. The first kappa shape index (κ1) is 32.7. The Morgan fingerprint density at radius 2 is 1.32 bits per heavy atom. The van der Waals surface area contributed by atoms with E-state index in [0.717, 1.165) is 34.5 Å². The van der Waals surface area contributed by atoms with Crippen LogP contribution in [0.2, 0.25) is 0 Å². The van der Waals surface area contributed by atoms with E-state index < -0.39 is 5.41 Å². The van der Waals surface area contributed by atoms with Gasteiger partial charge in [-0.2, -0.15) is 0 Å². The van der Waals surface area contributed by atoms with Gasteiger partial charge in [-0.15, -0.1) is 0 Å². The molecule has 0 bridgehead atoms. The molecule has 0 N–H and O–H groups in total. The molecule has 13 rings (SSSR count). The van der Waals surface area contributed by atoms with Crippen molar-refractivity contribution in [2.24, 2.45) is 0 Å². The lowest BCUT2D eigenvalue weighted by Gasteiger charge is -2.41. The number of anilines is 2. The molecule has 2 atom stereocenters. The number of furan rings is 1. The van der Waals surface area contributed by atoms with E-state index in [0.29, 0.717) is 0 Å². The zero-order chi connectivity index (χ0) is 38.8. The summed E-state index contributed by atoms with van der Waals surface area (Å²) >= 11 is 0. The summed E-state index contributed by atoms with van der Waals surface area (Å²) < 4.78 is 9.45. The van der Waals surface area contributed by atoms with Gasteiger partial charge in [-0.05, 0) is 93.6 Å². The van der Waals surface area contributed by atoms with Crippen LogP contribution in [0.15, 0.2) is 204 Å². The van der Waals surface area contributed by atoms with E-state index in [9.17, 15) is 0 Å². The molecular formula is C56H38N2O. The molecule has 3 aliphatic rings. The van der Waals surface area contributed by atoms with Crippen LogP contribution in [0.1, 0.15) is 34.2 Å². The molecule has 2 aliphatic carbocycles. The zero-order valence-electron chi connectivity index (χ0n) is 32.6. The van der Waals surface area contributed by atoms with E-state index in [-0.39, 0.29) is 6.04 Å². The van der Waals surface area contributed by atoms with Gasteiger partial charge in [0.05, 0.1) is 33.9 Å². The van der Waals surface area contributed by atoms with Crippen LogP contribution in [0, 0.1) is 6.92 Å². The Morgan fingerprint density at radius 3 is 2.22 bits per heavy atom.